The molecule has 3 fully saturated rings. The topological polar surface area (TPSA) is 125 Å². The largest absolute Gasteiger partial charge is 0.455 e. The lowest BCUT2D eigenvalue weighted by Crippen LogP contribution is -2.57. The Morgan fingerprint density at radius 2 is 1.98 bits per heavy atom. The number of hydrogen-bond donors (Lipinski definition) is 2. The maximum atomic E-state index is 14.0. The molecule has 0 aliphatic carbocycles. The first-order valence-electron chi connectivity index (χ1n) is 14.3. The quantitative estimate of drug-likeness (QED) is 0.261. The molecule has 0 aromatic heterocycles. The van der Waals surface area contributed by atoms with E-state index >= 15 is 0 Å². The van der Waals surface area contributed by atoms with E-state index in [0.717, 1.165) is 0 Å². The summed E-state index contributed by atoms with van der Waals surface area (Å²) in [5.74, 6) is -3.30. The molecule has 10 nitrogen and oxygen atoms in total. The van der Waals surface area contributed by atoms with Gasteiger partial charge in [0.2, 0.25) is 17.7 Å². The van der Waals surface area contributed by atoms with Gasteiger partial charge in [-0.15, -0.1) is 13.2 Å². The summed E-state index contributed by atoms with van der Waals surface area (Å²) < 4.78 is 12.5. The number of amides is 3. The summed E-state index contributed by atoms with van der Waals surface area (Å²) in [6.07, 6.45) is 3.67. The first-order chi connectivity index (χ1) is 19.7. The predicted octanol–water partition coefficient (Wildman–Crippen LogP) is 2.14. The number of fused-ring (bicyclic) bond motifs is 1. The fourth-order valence-corrected chi connectivity index (χ4v) is 6.54. The molecule has 3 heterocycles. The third kappa shape index (κ3) is 5.81. The molecule has 4 rings (SSSR count). The van der Waals surface area contributed by atoms with Crippen LogP contribution in [-0.2, 0) is 28.7 Å². The molecule has 41 heavy (non-hydrogen) atoms. The number of nitrogens with zero attached hydrogens (tertiary/aromatic N) is 2. The number of benzene rings is 1. The number of allylic oxidation sites excluding steroid dienone is 1. The molecule has 0 radical (unpaired) electrons. The average molecular weight is 568 g/mol. The van der Waals surface area contributed by atoms with Gasteiger partial charge in [-0.3, -0.25) is 19.2 Å². The van der Waals surface area contributed by atoms with E-state index in [1.165, 1.54) is 4.90 Å². The van der Waals surface area contributed by atoms with Gasteiger partial charge in [-0.25, -0.2) is 0 Å². The van der Waals surface area contributed by atoms with Crippen molar-refractivity contribution >= 4 is 23.7 Å². The van der Waals surface area contributed by atoms with Crippen LogP contribution in [0, 0.1) is 11.8 Å². The van der Waals surface area contributed by atoms with Crippen molar-refractivity contribution in [2.45, 2.75) is 69.4 Å². The number of nitrogens with one attached hydrogen (secondary N) is 1. The summed E-state index contributed by atoms with van der Waals surface area (Å²) >= 11 is 0. The predicted molar refractivity (Wildman–Crippen MR) is 151 cm³/mol. The second kappa shape index (κ2) is 13.0. The van der Waals surface area contributed by atoms with Crippen LogP contribution in [0.5, 0.6) is 0 Å². The number of carbonyl (C=O) groups is 4. The Morgan fingerprint density at radius 3 is 2.61 bits per heavy atom. The number of rotatable bonds is 14. The third-order valence-corrected chi connectivity index (χ3v) is 8.37. The van der Waals surface area contributed by atoms with Gasteiger partial charge in [0.1, 0.15) is 17.7 Å². The zero-order valence-corrected chi connectivity index (χ0v) is 23.9. The van der Waals surface area contributed by atoms with E-state index in [2.05, 4.69) is 18.5 Å². The monoisotopic (exact) mass is 567 g/mol. The van der Waals surface area contributed by atoms with E-state index in [1.807, 2.05) is 44.2 Å². The van der Waals surface area contributed by atoms with Crippen LogP contribution < -0.4 is 5.32 Å². The highest BCUT2D eigenvalue weighted by molar-refractivity contribution is 5.98. The first kappa shape index (κ1) is 30.5. The molecule has 222 valence electrons. The molecule has 1 spiro atoms. The first-order valence-corrected chi connectivity index (χ1v) is 14.3. The fourth-order valence-electron chi connectivity index (χ4n) is 6.54. The molecule has 0 unspecified atom stereocenters. The van der Waals surface area contributed by atoms with Gasteiger partial charge in [-0.05, 0) is 38.7 Å². The molecule has 0 saturated carbocycles. The maximum Gasteiger partial charge on any atom is 0.313 e. The van der Waals surface area contributed by atoms with Crippen molar-refractivity contribution in [1.82, 2.24) is 15.1 Å². The molecule has 3 aliphatic rings. The van der Waals surface area contributed by atoms with Crippen LogP contribution in [0.15, 0.2) is 55.6 Å². The van der Waals surface area contributed by atoms with Gasteiger partial charge in [-0.2, -0.15) is 0 Å². The molecule has 3 amide bonds. The smallest absolute Gasteiger partial charge is 0.313 e. The molecule has 1 aromatic rings. The van der Waals surface area contributed by atoms with Crippen LogP contribution in [0.4, 0.5) is 0 Å². The van der Waals surface area contributed by atoms with Crippen molar-refractivity contribution < 1.29 is 33.8 Å². The number of carbonyl (C=O) groups excluding carboxylic acids is 4. The number of esters is 1. The van der Waals surface area contributed by atoms with Crippen LogP contribution in [-0.4, -0.2) is 88.6 Å². The highest BCUT2D eigenvalue weighted by Crippen LogP contribution is 2.59. The Balaban J connectivity index is 1.61. The van der Waals surface area contributed by atoms with E-state index in [0.29, 0.717) is 31.4 Å². The molecule has 3 saturated heterocycles. The van der Waals surface area contributed by atoms with Crippen molar-refractivity contribution in [3.05, 3.63) is 61.2 Å². The number of aliphatic hydroxyl groups is 1. The lowest BCUT2D eigenvalue weighted by molar-refractivity contribution is -0.160. The zero-order chi connectivity index (χ0) is 29.7. The summed E-state index contributed by atoms with van der Waals surface area (Å²) in [7, 11) is 0. The van der Waals surface area contributed by atoms with Gasteiger partial charge in [0.05, 0.1) is 31.1 Å². The van der Waals surface area contributed by atoms with Crippen molar-refractivity contribution in [2.75, 3.05) is 26.2 Å². The van der Waals surface area contributed by atoms with E-state index in [1.54, 1.807) is 17.1 Å². The van der Waals surface area contributed by atoms with Crippen molar-refractivity contribution in [1.29, 1.82) is 0 Å². The van der Waals surface area contributed by atoms with Gasteiger partial charge in [0, 0.05) is 25.6 Å². The Kier molecular flexibility index (Phi) is 9.65. The zero-order valence-electron chi connectivity index (χ0n) is 23.9. The summed E-state index contributed by atoms with van der Waals surface area (Å²) in [5, 5.41) is 12.6. The minimum Gasteiger partial charge on any atom is -0.455 e. The standard InChI is InChI=1S/C31H41N3O7/c1-5-7-13-24(36)32-19-23(21-11-9-8-10-12-21)40-30(39)25-22-14-15-31(41-22)26(25)28(37)34(17-18-35)27(31)29(38)33(16-6-2)20(3)4/h5-6,8-12,20,22-23,25-27,35H,1-2,7,13-19H2,3-4H3,(H,32,36)/t22-,23+,25+,26+,27-,31+/m0/s1. The number of hydrogen-bond acceptors (Lipinski definition) is 7. The van der Waals surface area contributed by atoms with Gasteiger partial charge in [0.25, 0.3) is 0 Å². The van der Waals surface area contributed by atoms with Gasteiger partial charge in [0.15, 0.2) is 0 Å². The lowest BCUT2D eigenvalue weighted by atomic mass is 9.70. The molecule has 1 aromatic carbocycles. The second-order valence-electron chi connectivity index (χ2n) is 11.2. The molecule has 2 N–H and O–H groups in total. The minimum atomic E-state index is -1.19. The highest BCUT2D eigenvalue weighted by atomic mass is 16.6. The Labute approximate surface area is 241 Å². The van der Waals surface area contributed by atoms with Crippen molar-refractivity contribution in [2.24, 2.45) is 11.8 Å². The van der Waals surface area contributed by atoms with Gasteiger partial charge in [-0.1, -0.05) is 42.5 Å². The Hall–Kier alpha value is -3.50. The molecule has 6 atom stereocenters. The summed E-state index contributed by atoms with van der Waals surface area (Å²) in [4.78, 5) is 57.0. The molecule has 3 aliphatic heterocycles. The number of likely N-dealkylation sites (tertiary alicyclic amines) is 1. The number of aliphatic hydroxyl groups excluding tert-OH is 1. The average Bonchev–Trinajstić information content (AvgIpc) is 3.60. The Bertz CT molecular complexity index is 1160. The number of ether oxygens (including phenoxy) is 2. The lowest BCUT2D eigenvalue weighted by Gasteiger charge is -2.38. The summed E-state index contributed by atoms with van der Waals surface area (Å²) in [5.41, 5.74) is -0.485. The van der Waals surface area contributed by atoms with Gasteiger partial charge >= 0.3 is 5.97 Å². The fraction of sp³-hybridized carbons (Fsp3) is 0.548. The van der Waals surface area contributed by atoms with Gasteiger partial charge < -0.3 is 29.7 Å². The van der Waals surface area contributed by atoms with Crippen molar-refractivity contribution in [3.63, 3.8) is 0 Å². The second-order valence-corrected chi connectivity index (χ2v) is 11.2. The van der Waals surface area contributed by atoms with E-state index in [9.17, 15) is 24.3 Å². The Morgan fingerprint density at radius 1 is 1.24 bits per heavy atom. The normalized spacial score (nSPS) is 26.9. The van der Waals surface area contributed by atoms with E-state index in [-0.39, 0.29) is 44.0 Å². The minimum absolute atomic E-state index is 0.0489. The van der Waals surface area contributed by atoms with Crippen LogP contribution in [0.2, 0.25) is 0 Å². The highest BCUT2D eigenvalue weighted by Gasteiger charge is 2.75. The van der Waals surface area contributed by atoms with Crippen molar-refractivity contribution in [3.8, 4) is 0 Å². The molecule has 2 bridgehead atoms. The SMILES string of the molecule is C=CCCC(=O)NC[C@@H](OC(=O)[C@@H]1[C@@H]2CC[C@]3(O2)[C@H](C(=O)N(CC=C)C(C)C)N(CCO)C(=O)[C@@H]13)c1ccccc1. The third-order valence-electron chi connectivity index (χ3n) is 8.37. The van der Waals surface area contributed by atoms with E-state index < -0.39 is 47.6 Å². The van der Waals surface area contributed by atoms with Crippen LogP contribution >= 0.6 is 0 Å². The number of β-amino-alcohol motifs (C(OH)–C–C–N with tert-alkyl or cyclic N) is 1. The molecular formula is C31H41N3O7. The van der Waals surface area contributed by atoms with Crippen LogP contribution in [0.25, 0.3) is 0 Å². The summed E-state index contributed by atoms with van der Waals surface area (Å²) in [6.45, 7) is 11.2. The molecule has 10 heteroatoms. The van der Waals surface area contributed by atoms with Crippen LogP contribution in [0.1, 0.15) is 51.2 Å². The van der Waals surface area contributed by atoms with Crippen LogP contribution in [0.3, 0.4) is 0 Å². The summed E-state index contributed by atoms with van der Waals surface area (Å²) in [6, 6.07) is 7.98. The maximum absolute atomic E-state index is 14.0. The molecular weight excluding hydrogens is 526 g/mol. The van der Waals surface area contributed by atoms with E-state index in [4.69, 9.17) is 9.47 Å².